The molecule has 1 N–H and O–H groups in total. The van der Waals surface area contributed by atoms with Crippen LogP contribution >= 0.6 is 0 Å². The summed E-state index contributed by atoms with van der Waals surface area (Å²) in [6.07, 6.45) is 3.54. The zero-order valence-corrected chi connectivity index (χ0v) is 16.0. The van der Waals surface area contributed by atoms with Crippen molar-refractivity contribution in [3.63, 3.8) is 0 Å². The van der Waals surface area contributed by atoms with Gasteiger partial charge < -0.3 is 10.1 Å². The lowest BCUT2D eigenvalue weighted by atomic mass is 9.79. The molecule has 142 valence electrons. The molecule has 1 aliphatic carbocycles. The average Bonchev–Trinajstić information content (AvgIpc) is 3.18. The zero-order chi connectivity index (χ0) is 19.3. The van der Waals surface area contributed by atoms with Crippen molar-refractivity contribution >= 4 is 17.6 Å². The number of nitrogens with one attached hydrogen (secondary N) is 1. The van der Waals surface area contributed by atoms with E-state index in [9.17, 15) is 9.59 Å². The normalized spacial score (nSPS) is 15.5. The van der Waals surface area contributed by atoms with Crippen LogP contribution in [0.5, 0.6) is 0 Å². The van der Waals surface area contributed by atoms with E-state index in [-0.39, 0.29) is 18.5 Å². The number of hydrogen-bond donors (Lipinski definition) is 1. The number of hydrogen-bond acceptors (Lipinski definition) is 3. The molecule has 1 aliphatic rings. The number of para-hydroxylation sites is 1. The molecule has 0 unspecified atom stereocenters. The van der Waals surface area contributed by atoms with Gasteiger partial charge in [-0.1, -0.05) is 75.2 Å². The summed E-state index contributed by atoms with van der Waals surface area (Å²) in [6, 6.07) is 17.5. The minimum atomic E-state index is -0.614. The second-order valence-electron chi connectivity index (χ2n) is 7.52. The Morgan fingerprint density at radius 3 is 2.30 bits per heavy atom. The van der Waals surface area contributed by atoms with Gasteiger partial charge in [-0.25, -0.2) is 0 Å². The summed E-state index contributed by atoms with van der Waals surface area (Å²) < 4.78 is 5.47. The molecule has 0 spiro atoms. The molecule has 0 radical (unpaired) electrons. The van der Waals surface area contributed by atoms with Crippen LogP contribution in [-0.4, -0.2) is 18.5 Å². The van der Waals surface area contributed by atoms with Crippen molar-refractivity contribution in [2.24, 2.45) is 0 Å². The van der Waals surface area contributed by atoms with Crippen molar-refractivity contribution in [2.45, 2.75) is 50.9 Å². The Morgan fingerprint density at radius 1 is 1.00 bits per heavy atom. The van der Waals surface area contributed by atoms with E-state index in [1.807, 2.05) is 54.6 Å². The number of carbonyl (C=O) groups excluding carboxylic acids is 2. The first-order chi connectivity index (χ1) is 13.0. The van der Waals surface area contributed by atoms with Crippen molar-refractivity contribution in [1.82, 2.24) is 0 Å². The van der Waals surface area contributed by atoms with Crippen LogP contribution in [0.4, 0.5) is 5.69 Å². The van der Waals surface area contributed by atoms with E-state index < -0.39 is 5.41 Å². The Kier molecular flexibility index (Phi) is 5.94. The van der Waals surface area contributed by atoms with Crippen LogP contribution in [0, 0.1) is 0 Å². The summed E-state index contributed by atoms with van der Waals surface area (Å²) in [6.45, 7) is 3.89. The van der Waals surface area contributed by atoms with Gasteiger partial charge >= 0.3 is 5.97 Å². The third kappa shape index (κ3) is 4.21. The average molecular weight is 365 g/mol. The molecule has 1 saturated carbocycles. The minimum Gasteiger partial charge on any atom is -0.455 e. The van der Waals surface area contributed by atoms with Crippen LogP contribution in [-0.2, 0) is 19.7 Å². The van der Waals surface area contributed by atoms with E-state index in [0.29, 0.717) is 5.92 Å². The monoisotopic (exact) mass is 365 g/mol. The van der Waals surface area contributed by atoms with E-state index in [0.717, 1.165) is 42.5 Å². The topological polar surface area (TPSA) is 55.4 Å². The van der Waals surface area contributed by atoms with Crippen molar-refractivity contribution in [3.05, 3.63) is 65.7 Å². The predicted molar refractivity (Wildman–Crippen MR) is 107 cm³/mol. The number of ether oxygens (including phenoxy) is 1. The number of rotatable bonds is 6. The molecule has 4 nitrogen and oxygen atoms in total. The fraction of sp³-hybridized carbons (Fsp3) is 0.391. The molecule has 1 fully saturated rings. The minimum absolute atomic E-state index is 0.264. The van der Waals surface area contributed by atoms with Crippen molar-refractivity contribution < 1.29 is 14.3 Å². The summed E-state index contributed by atoms with van der Waals surface area (Å²) >= 11 is 0. The predicted octanol–water partition coefficient (Wildman–Crippen LogP) is 4.80. The van der Waals surface area contributed by atoms with Crippen molar-refractivity contribution in [2.75, 3.05) is 11.9 Å². The molecule has 3 rings (SSSR count). The number of amides is 1. The molecule has 0 aromatic heterocycles. The van der Waals surface area contributed by atoms with E-state index in [4.69, 9.17) is 4.74 Å². The van der Waals surface area contributed by atoms with Gasteiger partial charge in [0, 0.05) is 5.69 Å². The fourth-order valence-corrected chi connectivity index (χ4v) is 3.92. The van der Waals surface area contributed by atoms with Crippen LogP contribution in [0.2, 0.25) is 0 Å². The molecular weight excluding hydrogens is 338 g/mol. The second-order valence-corrected chi connectivity index (χ2v) is 7.52. The zero-order valence-electron chi connectivity index (χ0n) is 16.0. The Bertz CT molecular complexity index is 792. The Labute approximate surface area is 160 Å². The molecule has 0 bridgehead atoms. The lowest BCUT2D eigenvalue weighted by Gasteiger charge is -2.27. The van der Waals surface area contributed by atoms with Gasteiger partial charge in [0.2, 0.25) is 0 Å². The van der Waals surface area contributed by atoms with Crippen LogP contribution in [0.3, 0.4) is 0 Å². The number of esters is 1. The highest BCUT2D eigenvalue weighted by molar-refractivity contribution is 5.94. The molecule has 0 saturated heterocycles. The van der Waals surface area contributed by atoms with Gasteiger partial charge in [0.1, 0.15) is 0 Å². The molecule has 2 aromatic rings. The Morgan fingerprint density at radius 2 is 1.63 bits per heavy atom. The van der Waals surface area contributed by atoms with E-state index in [1.165, 1.54) is 0 Å². The standard InChI is InChI=1S/C23H27NO3/c1-17(2)19-12-6-7-13-20(19)24-21(25)16-27-22(26)23(14-8-9-15-23)18-10-4-3-5-11-18/h3-7,10-13,17H,8-9,14-16H2,1-2H3,(H,24,25). The largest absolute Gasteiger partial charge is 0.455 e. The van der Waals surface area contributed by atoms with Crippen molar-refractivity contribution in [1.29, 1.82) is 0 Å². The van der Waals surface area contributed by atoms with Gasteiger partial charge in [0.15, 0.2) is 6.61 Å². The quantitative estimate of drug-likeness (QED) is 0.748. The van der Waals surface area contributed by atoms with E-state index >= 15 is 0 Å². The molecular formula is C23H27NO3. The SMILES string of the molecule is CC(C)c1ccccc1NC(=O)COC(=O)C1(c2ccccc2)CCCC1. The highest BCUT2D eigenvalue weighted by Gasteiger charge is 2.44. The molecule has 1 amide bonds. The van der Waals surface area contributed by atoms with Gasteiger partial charge in [-0.05, 0) is 36.0 Å². The highest BCUT2D eigenvalue weighted by atomic mass is 16.5. The maximum atomic E-state index is 12.9. The Hall–Kier alpha value is -2.62. The molecule has 2 aromatic carbocycles. The molecule has 4 heteroatoms. The second kappa shape index (κ2) is 8.38. The smallest absolute Gasteiger partial charge is 0.317 e. The number of anilines is 1. The number of benzene rings is 2. The summed E-state index contributed by atoms with van der Waals surface area (Å²) in [5.41, 5.74) is 2.20. The first kappa shape index (κ1) is 19.2. The number of carbonyl (C=O) groups is 2. The lowest BCUT2D eigenvalue weighted by molar-refractivity contribution is -0.153. The summed E-state index contributed by atoms with van der Waals surface area (Å²) in [4.78, 5) is 25.3. The molecule has 0 aliphatic heterocycles. The fourth-order valence-electron chi connectivity index (χ4n) is 3.92. The maximum absolute atomic E-state index is 12.9. The van der Waals surface area contributed by atoms with Gasteiger partial charge in [-0.15, -0.1) is 0 Å². The van der Waals surface area contributed by atoms with Crippen LogP contribution in [0.1, 0.15) is 56.6 Å². The summed E-state index contributed by atoms with van der Waals surface area (Å²) in [5.74, 6) is -0.306. The van der Waals surface area contributed by atoms with Gasteiger partial charge in [0.25, 0.3) is 5.91 Å². The van der Waals surface area contributed by atoms with Crippen LogP contribution < -0.4 is 5.32 Å². The summed E-state index contributed by atoms with van der Waals surface area (Å²) in [7, 11) is 0. The van der Waals surface area contributed by atoms with Gasteiger partial charge in [-0.2, -0.15) is 0 Å². The van der Waals surface area contributed by atoms with Gasteiger partial charge in [-0.3, -0.25) is 9.59 Å². The van der Waals surface area contributed by atoms with Crippen LogP contribution in [0.15, 0.2) is 54.6 Å². The summed E-state index contributed by atoms with van der Waals surface area (Å²) in [5, 5.41) is 2.87. The first-order valence-corrected chi connectivity index (χ1v) is 9.64. The van der Waals surface area contributed by atoms with Crippen molar-refractivity contribution in [3.8, 4) is 0 Å². The highest BCUT2D eigenvalue weighted by Crippen LogP contribution is 2.42. The molecule has 27 heavy (non-hydrogen) atoms. The maximum Gasteiger partial charge on any atom is 0.317 e. The van der Waals surface area contributed by atoms with E-state index in [1.54, 1.807) is 0 Å². The Balaban J connectivity index is 1.66. The van der Waals surface area contributed by atoms with Crippen LogP contribution in [0.25, 0.3) is 0 Å². The third-order valence-corrected chi connectivity index (χ3v) is 5.37. The molecule has 0 heterocycles. The lowest BCUT2D eigenvalue weighted by Crippen LogP contribution is -2.36. The first-order valence-electron chi connectivity index (χ1n) is 9.64. The van der Waals surface area contributed by atoms with E-state index in [2.05, 4.69) is 19.2 Å². The third-order valence-electron chi connectivity index (χ3n) is 5.37. The van der Waals surface area contributed by atoms with Gasteiger partial charge in [0.05, 0.1) is 5.41 Å². The molecule has 0 atom stereocenters.